The van der Waals surface area contributed by atoms with Gasteiger partial charge in [0.05, 0.1) is 19.3 Å². The number of rotatable bonds is 4. The zero-order valence-electron chi connectivity index (χ0n) is 13.1. The van der Waals surface area contributed by atoms with E-state index < -0.39 is 21.9 Å². The van der Waals surface area contributed by atoms with Crippen LogP contribution in [0.25, 0.3) is 0 Å². The lowest BCUT2D eigenvalue weighted by molar-refractivity contribution is 0.264. The first-order chi connectivity index (χ1) is 11.5. The maximum atomic E-state index is 13.4. The molecule has 0 bridgehead atoms. The average molecular weight is 351 g/mol. The van der Waals surface area contributed by atoms with Crippen LogP contribution >= 0.6 is 0 Å². The number of benzene rings is 1. The predicted octanol–water partition coefficient (Wildman–Crippen LogP) is 1.56. The molecule has 1 fully saturated rings. The Bertz CT molecular complexity index is 829. The number of aromatic nitrogens is 1. The number of methoxy groups -OCH3 is 1. The summed E-state index contributed by atoms with van der Waals surface area (Å²) in [6.45, 7) is 1.25. The Labute approximate surface area is 140 Å². The lowest BCUT2D eigenvalue weighted by Crippen LogP contribution is -2.48. The molecular weight excluding hydrogens is 333 g/mol. The number of nitrogens with zero attached hydrogens (tertiary/aromatic N) is 2. The average Bonchev–Trinajstić information content (AvgIpc) is 2.61. The summed E-state index contributed by atoms with van der Waals surface area (Å²) in [6, 6.07) is 7.84. The number of hydrogen-bond acceptors (Lipinski definition) is 5. The summed E-state index contributed by atoms with van der Waals surface area (Å²) < 4.78 is 46.1. The van der Waals surface area contributed by atoms with Crippen molar-refractivity contribution in [1.29, 1.82) is 0 Å². The highest BCUT2D eigenvalue weighted by atomic mass is 32.2. The molecule has 0 amide bonds. The molecule has 1 aromatic carbocycles. The van der Waals surface area contributed by atoms with E-state index in [4.69, 9.17) is 4.74 Å². The molecule has 0 aliphatic carbocycles. The SMILES string of the molecule is COc1ccccc1C1CNCCN1S(=O)(=O)c1cncc(F)c1. The Kier molecular flexibility index (Phi) is 4.79. The van der Waals surface area contributed by atoms with Crippen molar-refractivity contribution >= 4 is 10.0 Å². The first-order valence-electron chi connectivity index (χ1n) is 7.50. The monoisotopic (exact) mass is 351 g/mol. The molecule has 8 heteroatoms. The summed E-state index contributed by atoms with van der Waals surface area (Å²) in [5, 5.41) is 3.20. The van der Waals surface area contributed by atoms with Gasteiger partial charge in [0.15, 0.2) is 0 Å². The molecular formula is C16H18FN3O3S. The van der Waals surface area contributed by atoms with Crippen molar-refractivity contribution in [3.63, 3.8) is 0 Å². The van der Waals surface area contributed by atoms with E-state index in [-0.39, 0.29) is 11.4 Å². The summed E-state index contributed by atoms with van der Waals surface area (Å²) in [4.78, 5) is 3.51. The molecule has 1 saturated heterocycles. The molecule has 1 aromatic heterocycles. The number of piperazine rings is 1. The number of halogens is 1. The van der Waals surface area contributed by atoms with E-state index >= 15 is 0 Å². The fourth-order valence-electron chi connectivity index (χ4n) is 2.85. The fraction of sp³-hybridized carbons (Fsp3) is 0.312. The number of hydrogen-bond donors (Lipinski definition) is 1. The molecule has 128 valence electrons. The minimum atomic E-state index is -3.87. The fourth-order valence-corrected chi connectivity index (χ4v) is 4.43. The number of pyridine rings is 1. The normalized spacial score (nSPS) is 19.2. The largest absolute Gasteiger partial charge is 0.496 e. The number of nitrogens with one attached hydrogen (secondary N) is 1. The van der Waals surface area contributed by atoms with Crippen molar-refractivity contribution in [3.05, 3.63) is 54.1 Å². The van der Waals surface area contributed by atoms with Gasteiger partial charge >= 0.3 is 0 Å². The molecule has 1 unspecified atom stereocenters. The Balaban J connectivity index is 2.04. The summed E-state index contributed by atoms with van der Waals surface area (Å²) in [7, 11) is -2.33. The van der Waals surface area contributed by atoms with Gasteiger partial charge in [0.25, 0.3) is 0 Å². The van der Waals surface area contributed by atoms with Crippen molar-refractivity contribution in [1.82, 2.24) is 14.6 Å². The van der Waals surface area contributed by atoms with E-state index in [1.54, 1.807) is 13.2 Å². The second-order valence-corrected chi connectivity index (χ2v) is 7.31. The quantitative estimate of drug-likeness (QED) is 0.905. The van der Waals surface area contributed by atoms with E-state index in [0.29, 0.717) is 18.8 Å². The Morgan fingerprint density at radius 3 is 2.88 bits per heavy atom. The summed E-state index contributed by atoms with van der Waals surface area (Å²) in [5.74, 6) is -0.0659. The molecule has 1 aliphatic heterocycles. The summed E-state index contributed by atoms with van der Waals surface area (Å²) >= 11 is 0. The third kappa shape index (κ3) is 3.12. The maximum Gasteiger partial charge on any atom is 0.245 e. The topological polar surface area (TPSA) is 71.5 Å². The molecule has 0 spiro atoms. The van der Waals surface area contributed by atoms with Crippen LogP contribution in [0.15, 0.2) is 47.6 Å². The highest BCUT2D eigenvalue weighted by Crippen LogP contribution is 2.33. The summed E-state index contributed by atoms with van der Waals surface area (Å²) in [6.07, 6.45) is 2.15. The van der Waals surface area contributed by atoms with Gasteiger partial charge in [-0.05, 0) is 12.1 Å². The smallest absolute Gasteiger partial charge is 0.245 e. The van der Waals surface area contributed by atoms with Crippen LogP contribution in [0.1, 0.15) is 11.6 Å². The van der Waals surface area contributed by atoms with Gasteiger partial charge in [-0.2, -0.15) is 4.31 Å². The van der Waals surface area contributed by atoms with Gasteiger partial charge in [-0.15, -0.1) is 0 Å². The molecule has 0 saturated carbocycles. The number of sulfonamides is 1. The van der Waals surface area contributed by atoms with Gasteiger partial charge in [-0.1, -0.05) is 18.2 Å². The van der Waals surface area contributed by atoms with Crippen molar-refractivity contribution in [2.75, 3.05) is 26.7 Å². The molecule has 2 aromatic rings. The number of ether oxygens (including phenoxy) is 1. The molecule has 6 nitrogen and oxygen atoms in total. The Morgan fingerprint density at radius 1 is 1.33 bits per heavy atom. The van der Waals surface area contributed by atoms with Crippen molar-refractivity contribution in [2.24, 2.45) is 0 Å². The standard InChI is InChI=1S/C16H18FN3O3S/c1-23-16-5-3-2-4-14(16)15-11-18-6-7-20(15)24(21,22)13-8-12(17)9-19-10-13/h2-5,8-10,15,18H,6-7,11H2,1H3. The summed E-state index contributed by atoms with van der Waals surface area (Å²) in [5.41, 5.74) is 0.764. The van der Waals surface area contributed by atoms with Gasteiger partial charge in [0, 0.05) is 31.4 Å². The second-order valence-electron chi connectivity index (χ2n) is 5.42. The predicted molar refractivity (Wildman–Crippen MR) is 86.7 cm³/mol. The molecule has 0 radical (unpaired) electrons. The van der Waals surface area contributed by atoms with Crippen LogP contribution in [0.3, 0.4) is 0 Å². The van der Waals surface area contributed by atoms with Crippen LogP contribution in [0.4, 0.5) is 4.39 Å². The van der Waals surface area contributed by atoms with Gasteiger partial charge in [0.1, 0.15) is 16.5 Å². The van der Waals surface area contributed by atoms with Crippen LogP contribution in [0.5, 0.6) is 5.75 Å². The molecule has 1 atom stereocenters. The molecule has 1 N–H and O–H groups in total. The van der Waals surface area contributed by atoms with E-state index in [1.165, 1.54) is 10.5 Å². The van der Waals surface area contributed by atoms with Crippen LogP contribution in [-0.2, 0) is 10.0 Å². The minimum absolute atomic E-state index is 0.149. The second kappa shape index (κ2) is 6.84. The van der Waals surface area contributed by atoms with Gasteiger partial charge in [-0.3, -0.25) is 4.98 Å². The third-order valence-electron chi connectivity index (χ3n) is 3.98. The highest BCUT2D eigenvalue weighted by Gasteiger charge is 2.36. The zero-order chi connectivity index (χ0) is 17.2. The van der Waals surface area contributed by atoms with E-state index in [9.17, 15) is 12.8 Å². The lowest BCUT2D eigenvalue weighted by atomic mass is 10.0. The van der Waals surface area contributed by atoms with Crippen LogP contribution in [0, 0.1) is 5.82 Å². The zero-order valence-corrected chi connectivity index (χ0v) is 14.0. The van der Waals surface area contributed by atoms with Gasteiger partial charge < -0.3 is 10.1 Å². The molecule has 3 rings (SSSR count). The van der Waals surface area contributed by atoms with Crippen molar-refractivity contribution in [3.8, 4) is 5.75 Å². The third-order valence-corrected chi connectivity index (χ3v) is 5.85. The van der Waals surface area contributed by atoms with E-state index in [1.807, 2.05) is 18.2 Å². The Hall–Kier alpha value is -2.03. The number of para-hydroxylation sites is 1. The minimum Gasteiger partial charge on any atom is -0.496 e. The maximum absolute atomic E-state index is 13.4. The van der Waals surface area contributed by atoms with Crippen LogP contribution < -0.4 is 10.1 Å². The first-order valence-corrected chi connectivity index (χ1v) is 8.94. The van der Waals surface area contributed by atoms with Crippen LogP contribution in [0.2, 0.25) is 0 Å². The molecule has 2 heterocycles. The molecule has 1 aliphatic rings. The van der Waals surface area contributed by atoms with E-state index in [2.05, 4.69) is 10.3 Å². The first kappa shape index (κ1) is 16.8. The van der Waals surface area contributed by atoms with E-state index in [0.717, 1.165) is 17.8 Å². The van der Waals surface area contributed by atoms with Crippen molar-refractivity contribution in [2.45, 2.75) is 10.9 Å². The van der Waals surface area contributed by atoms with Crippen molar-refractivity contribution < 1.29 is 17.5 Å². The lowest BCUT2D eigenvalue weighted by Gasteiger charge is -2.35. The van der Waals surface area contributed by atoms with Gasteiger partial charge in [0.2, 0.25) is 10.0 Å². The Morgan fingerprint density at radius 2 is 2.12 bits per heavy atom. The van der Waals surface area contributed by atoms with Gasteiger partial charge in [-0.25, -0.2) is 12.8 Å². The van der Waals surface area contributed by atoms with Crippen LogP contribution in [-0.4, -0.2) is 44.5 Å². The molecule has 24 heavy (non-hydrogen) atoms. The highest BCUT2D eigenvalue weighted by molar-refractivity contribution is 7.89.